The van der Waals surface area contributed by atoms with Gasteiger partial charge < -0.3 is 14.7 Å². The Bertz CT molecular complexity index is 919. The van der Waals surface area contributed by atoms with Crippen molar-refractivity contribution in [2.24, 2.45) is 4.99 Å². The summed E-state index contributed by atoms with van der Waals surface area (Å²) in [6.45, 7) is 4.24. The van der Waals surface area contributed by atoms with Crippen molar-refractivity contribution < 1.29 is 23.0 Å². The number of alkyl halides is 3. The van der Waals surface area contributed by atoms with Crippen molar-refractivity contribution >= 4 is 35.2 Å². The Morgan fingerprint density at radius 1 is 1.17 bits per heavy atom. The molecule has 0 fully saturated rings. The van der Waals surface area contributed by atoms with Gasteiger partial charge in [-0.15, -0.1) is 0 Å². The number of aliphatic imine (C=N–C) groups is 1. The second kappa shape index (κ2) is 8.81. The molecule has 0 saturated carbocycles. The molecule has 0 spiro atoms. The smallest absolute Gasteiger partial charge is 0.425 e. The third-order valence-corrected chi connectivity index (χ3v) is 5.08. The van der Waals surface area contributed by atoms with E-state index in [0.717, 1.165) is 12.1 Å². The van der Waals surface area contributed by atoms with E-state index in [1.807, 2.05) is 14.0 Å². The maximum atomic E-state index is 14.2. The molecule has 0 heterocycles. The summed E-state index contributed by atoms with van der Waals surface area (Å²) in [5.41, 5.74) is -3.60. The van der Waals surface area contributed by atoms with Crippen molar-refractivity contribution in [1.29, 1.82) is 0 Å². The topological polar surface area (TPSA) is 45.1 Å². The maximum absolute atomic E-state index is 14.2. The van der Waals surface area contributed by atoms with Gasteiger partial charge in [-0.2, -0.15) is 13.2 Å². The summed E-state index contributed by atoms with van der Waals surface area (Å²) in [4.78, 5) is 6.09. The van der Waals surface area contributed by atoms with E-state index in [1.54, 1.807) is 18.2 Å². The minimum Gasteiger partial charge on any atom is -0.496 e. The highest BCUT2D eigenvalue weighted by atomic mass is 35.5. The molecule has 158 valence electrons. The normalized spacial score (nSPS) is 14.1. The molecular weight excluding hydrogens is 428 g/mol. The van der Waals surface area contributed by atoms with Gasteiger partial charge in [0.15, 0.2) is 0 Å². The zero-order valence-electron chi connectivity index (χ0n) is 16.3. The lowest BCUT2D eigenvalue weighted by Gasteiger charge is -2.33. The van der Waals surface area contributed by atoms with Crippen molar-refractivity contribution in [2.45, 2.75) is 25.6 Å². The Morgan fingerprint density at radius 3 is 2.34 bits per heavy atom. The molecule has 1 N–H and O–H groups in total. The number of rotatable bonds is 6. The maximum Gasteiger partial charge on any atom is 0.425 e. The summed E-state index contributed by atoms with van der Waals surface area (Å²) in [7, 11) is 3.04. The summed E-state index contributed by atoms with van der Waals surface area (Å²) in [5, 5.41) is 10.8. The van der Waals surface area contributed by atoms with Crippen LogP contribution in [0.2, 0.25) is 10.0 Å². The molecule has 0 aromatic heterocycles. The third-order valence-electron chi connectivity index (χ3n) is 4.53. The SMILES string of the molecule is CCN(C)/C=N/c1cc(OC)c(C(O)(c2ccc(Cl)cc2Cl)C(F)(F)F)cc1C. The fourth-order valence-corrected chi connectivity index (χ4v) is 3.29. The molecule has 2 aromatic rings. The third kappa shape index (κ3) is 4.63. The van der Waals surface area contributed by atoms with Crippen molar-refractivity contribution in [1.82, 2.24) is 4.90 Å². The predicted molar refractivity (Wildman–Crippen MR) is 110 cm³/mol. The number of hydrogen-bond donors (Lipinski definition) is 1. The van der Waals surface area contributed by atoms with E-state index in [2.05, 4.69) is 4.99 Å². The molecule has 0 saturated heterocycles. The zero-order chi connectivity index (χ0) is 22.0. The second-order valence-corrected chi connectivity index (χ2v) is 7.33. The van der Waals surface area contributed by atoms with Crippen LogP contribution in [0.15, 0.2) is 35.3 Å². The van der Waals surface area contributed by atoms with Gasteiger partial charge >= 0.3 is 6.18 Å². The van der Waals surface area contributed by atoms with Crippen LogP contribution in [0.25, 0.3) is 0 Å². The molecule has 0 amide bonds. The molecule has 1 unspecified atom stereocenters. The zero-order valence-corrected chi connectivity index (χ0v) is 17.8. The van der Waals surface area contributed by atoms with Crippen LogP contribution in [-0.4, -0.2) is 43.2 Å². The van der Waals surface area contributed by atoms with Crippen LogP contribution in [0.1, 0.15) is 23.6 Å². The average Bonchev–Trinajstić information content (AvgIpc) is 2.65. The summed E-state index contributed by atoms with van der Waals surface area (Å²) >= 11 is 11.8. The number of nitrogens with zero attached hydrogens (tertiary/aromatic N) is 2. The first-order valence-corrected chi connectivity index (χ1v) is 9.39. The number of methoxy groups -OCH3 is 1. The van der Waals surface area contributed by atoms with E-state index >= 15 is 0 Å². The van der Waals surface area contributed by atoms with E-state index in [1.165, 1.54) is 25.3 Å². The van der Waals surface area contributed by atoms with Crippen LogP contribution in [0.3, 0.4) is 0 Å². The van der Waals surface area contributed by atoms with Crippen molar-refractivity contribution in [2.75, 3.05) is 20.7 Å². The van der Waals surface area contributed by atoms with Gasteiger partial charge in [-0.05, 0) is 37.6 Å². The fourth-order valence-electron chi connectivity index (χ4n) is 2.74. The minimum absolute atomic E-state index is 0.149. The van der Waals surface area contributed by atoms with Gasteiger partial charge in [0.2, 0.25) is 5.60 Å². The van der Waals surface area contributed by atoms with E-state index in [9.17, 15) is 18.3 Å². The van der Waals surface area contributed by atoms with Crippen LogP contribution in [0.5, 0.6) is 5.75 Å². The van der Waals surface area contributed by atoms with Crippen LogP contribution in [0.4, 0.5) is 18.9 Å². The van der Waals surface area contributed by atoms with Gasteiger partial charge in [0.05, 0.1) is 19.1 Å². The fraction of sp³-hybridized carbons (Fsp3) is 0.350. The Hall–Kier alpha value is -1.96. The summed E-state index contributed by atoms with van der Waals surface area (Å²) in [6, 6.07) is 5.99. The molecule has 1 atom stereocenters. The number of benzene rings is 2. The standard InChI is InChI=1S/C20H21Cl2F3N2O2/c1-5-27(3)11-26-17-10-18(29-4)15(8-12(17)2)19(28,20(23,24)25)14-7-6-13(21)9-16(14)22/h6-11,28H,5H2,1-4H3/b26-11+. The van der Waals surface area contributed by atoms with Gasteiger partial charge in [-0.25, -0.2) is 4.99 Å². The molecule has 0 bridgehead atoms. The molecular formula is C20H21Cl2F3N2O2. The lowest BCUT2D eigenvalue weighted by molar-refractivity contribution is -0.248. The molecule has 0 aliphatic rings. The second-order valence-electron chi connectivity index (χ2n) is 6.49. The quantitative estimate of drug-likeness (QED) is 0.453. The number of aliphatic hydroxyl groups is 1. The molecule has 4 nitrogen and oxygen atoms in total. The van der Waals surface area contributed by atoms with Crippen LogP contribution >= 0.6 is 23.2 Å². The van der Waals surface area contributed by atoms with Gasteiger partial charge in [0.25, 0.3) is 0 Å². The summed E-state index contributed by atoms with van der Waals surface area (Å²) in [6.07, 6.45) is -3.52. The van der Waals surface area contributed by atoms with Crippen LogP contribution in [-0.2, 0) is 5.60 Å². The molecule has 29 heavy (non-hydrogen) atoms. The monoisotopic (exact) mass is 448 g/mol. The van der Waals surface area contributed by atoms with Crippen molar-refractivity contribution in [3.63, 3.8) is 0 Å². The first-order valence-electron chi connectivity index (χ1n) is 8.63. The van der Waals surface area contributed by atoms with E-state index in [-0.39, 0.29) is 15.8 Å². The molecule has 9 heteroatoms. The highest BCUT2D eigenvalue weighted by Crippen LogP contribution is 2.50. The summed E-state index contributed by atoms with van der Waals surface area (Å²) in [5.74, 6) is -0.173. The van der Waals surface area contributed by atoms with Crippen LogP contribution < -0.4 is 4.74 Å². The predicted octanol–water partition coefficient (Wildman–Crippen LogP) is 5.72. The molecule has 2 rings (SSSR count). The summed E-state index contributed by atoms with van der Waals surface area (Å²) < 4.78 is 47.7. The largest absolute Gasteiger partial charge is 0.496 e. The van der Waals surface area contributed by atoms with E-state index in [0.29, 0.717) is 17.8 Å². The first-order chi connectivity index (χ1) is 13.4. The van der Waals surface area contributed by atoms with E-state index < -0.39 is 22.9 Å². The van der Waals surface area contributed by atoms with Gasteiger partial charge in [-0.1, -0.05) is 29.3 Å². The Balaban J connectivity index is 2.75. The number of halogens is 5. The van der Waals surface area contributed by atoms with E-state index in [4.69, 9.17) is 27.9 Å². The first kappa shape index (κ1) is 23.3. The van der Waals surface area contributed by atoms with Crippen LogP contribution in [0, 0.1) is 6.92 Å². The van der Waals surface area contributed by atoms with Crippen molar-refractivity contribution in [3.05, 3.63) is 57.1 Å². The van der Waals surface area contributed by atoms with Gasteiger partial charge in [-0.3, -0.25) is 0 Å². The highest BCUT2D eigenvalue weighted by molar-refractivity contribution is 6.35. The molecule has 0 aliphatic heterocycles. The lowest BCUT2D eigenvalue weighted by atomic mass is 9.84. The molecule has 0 aliphatic carbocycles. The Morgan fingerprint density at radius 2 is 1.83 bits per heavy atom. The Labute approximate surface area is 177 Å². The Kier molecular flexibility index (Phi) is 7.09. The van der Waals surface area contributed by atoms with Crippen molar-refractivity contribution in [3.8, 4) is 5.75 Å². The van der Waals surface area contributed by atoms with Gasteiger partial charge in [0, 0.05) is 40.8 Å². The number of ether oxygens (including phenoxy) is 1. The van der Waals surface area contributed by atoms with Gasteiger partial charge in [0.1, 0.15) is 5.75 Å². The number of hydrogen-bond acceptors (Lipinski definition) is 3. The molecule has 2 aromatic carbocycles. The highest BCUT2D eigenvalue weighted by Gasteiger charge is 2.58. The minimum atomic E-state index is -5.09. The lowest BCUT2D eigenvalue weighted by Crippen LogP contribution is -2.44. The average molecular weight is 449 g/mol. The number of aryl methyl sites for hydroxylation is 1. The molecule has 0 radical (unpaired) electrons.